The standard InChI is InChI=1S/C33H37F3N4O/c34-29-9-1-6-26(18-29)21-39(16-15-37-14-5-17-41)24-32-12-4-13-33(38-32)25-40(22-27-7-2-10-30(35)19-27)23-28-8-3-11-31(36)20-28/h1-4,6-13,18-20,37,41H,5,14-17,21-25H2. The number of aromatic nitrogens is 1. The fourth-order valence-electron chi connectivity index (χ4n) is 4.79. The molecule has 8 heteroatoms. The molecule has 0 atom stereocenters. The third-order valence-corrected chi connectivity index (χ3v) is 6.64. The highest BCUT2D eigenvalue weighted by Crippen LogP contribution is 2.16. The van der Waals surface area contributed by atoms with E-state index in [0.29, 0.717) is 39.1 Å². The highest BCUT2D eigenvalue weighted by Gasteiger charge is 2.13. The summed E-state index contributed by atoms with van der Waals surface area (Å²) < 4.78 is 41.7. The first kappa shape index (κ1) is 30.4. The molecule has 0 aliphatic carbocycles. The fraction of sp³-hybridized carbons (Fsp3) is 0.303. The Bertz CT molecular complexity index is 1320. The molecule has 0 radical (unpaired) electrons. The lowest BCUT2D eigenvalue weighted by Gasteiger charge is -2.24. The first-order valence-electron chi connectivity index (χ1n) is 13.9. The molecule has 216 valence electrons. The summed E-state index contributed by atoms with van der Waals surface area (Å²) in [5.41, 5.74) is 4.26. The molecule has 3 aromatic carbocycles. The van der Waals surface area contributed by atoms with Crippen molar-refractivity contribution >= 4 is 0 Å². The molecule has 0 aliphatic heterocycles. The predicted octanol–water partition coefficient (Wildman–Crippen LogP) is 5.68. The van der Waals surface area contributed by atoms with Crippen molar-refractivity contribution in [2.45, 2.75) is 39.1 Å². The van der Waals surface area contributed by atoms with Gasteiger partial charge in [-0.15, -0.1) is 0 Å². The Balaban J connectivity index is 1.48. The summed E-state index contributed by atoms with van der Waals surface area (Å²) in [7, 11) is 0. The normalized spacial score (nSPS) is 11.5. The van der Waals surface area contributed by atoms with Crippen LogP contribution in [0.15, 0.2) is 91.0 Å². The number of rotatable bonds is 16. The molecule has 41 heavy (non-hydrogen) atoms. The minimum Gasteiger partial charge on any atom is -0.396 e. The van der Waals surface area contributed by atoms with Crippen LogP contribution in [0.2, 0.25) is 0 Å². The topological polar surface area (TPSA) is 51.6 Å². The van der Waals surface area contributed by atoms with Gasteiger partial charge in [-0.05, 0) is 78.2 Å². The van der Waals surface area contributed by atoms with E-state index in [4.69, 9.17) is 10.1 Å². The summed E-state index contributed by atoms with van der Waals surface area (Å²) in [6.45, 7) is 4.90. The molecule has 2 N–H and O–H groups in total. The van der Waals surface area contributed by atoms with E-state index in [-0.39, 0.29) is 24.1 Å². The van der Waals surface area contributed by atoms with Crippen LogP contribution < -0.4 is 5.32 Å². The van der Waals surface area contributed by atoms with Gasteiger partial charge in [0.1, 0.15) is 17.5 Å². The van der Waals surface area contributed by atoms with E-state index in [1.807, 2.05) is 36.4 Å². The van der Waals surface area contributed by atoms with Gasteiger partial charge in [-0.3, -0.25) is 14.8 Å². The van der Waals surface area contributed by atoms with Crippen LogP contribution in [0.5, 0.6) is 0 Å². The molecule has 0 fully saturated rings. The average Bonchev–Trinajstić information content (AvgIpc) is 2.93. The van der Waals surface area contributed by atoms with E-state index in [1.165, 1.54) is 30.3 Å². The molecule has 0 aliphatic rings. The molecule has 0 unspecified atom stereocenters. The molecule has 0 spiro atoms. The second kappa shape index (κ2) is 16.0. The third-order valence-electron chi connectivity index (χ3n) is 6.64. The molecule has 0 saturated heterocycles. The summed E-state index contributed by atoms with van der Waals surface area (Å²) in [4.78, 5) is 9.26. The molecular formula is C33H37F3N4O. The van der Waals surface area contributed by atoms with Crippen LogP contribution in [-0.2, 0) is 32.7 Å². The maximum absolute atomic E-state index is 13.9. The first-order valence-corrected chi connectivity index (χ1v) is 13.9. The van der Waals surface area contributed by atoms with Crippen LogP contribution in [0, 0.1) is 17.5 Å². The number of hydrogen-bond acceptors (Lipinski definition) is 5. The number of halogens is 3. The van der Waals surface area contributed by atoms with E-state index in [0.717, 1.165) is 47.7 Å². The molecule has 0 amide bonds. The maximum atomic E-state index is 13.9. The molecule has 1 heterocycles. The van der Waals surface area contributed by atoms with E-state index < -0.39 is 0 Å². The SMILES string of the molecule is OCCCNCCN(Cc1cccc(F)c1)Cc1cccc(CN(Cc2cccc(F)c2)Cc2cccc(F)c2)n1. The van der Waals surface area contributed by atoms with Crippen LogP contribution in [0.3, 0.4) is 0 Å². The Kier molecular flexibility index (Phi) is 11.9. The van der Waals surface area contributed by atoms with Crippen molar-refractivity contribution < 1.29 is 18.3 Å². The van der Waals surface area contributed by atoms with Crippen molar-refractivity contribution in [3.63, 3.8) is 0 Å². The molecule has 5 nitrogen and oxygen atoms in total. The van der Waals surface area contributed by atoms with Gasteiger partial charge < -0.3 is 10.4 Å². The molecule has 0 saturated carbocycles. The highest BCUT2D eigenvalue weighted by atomic mass is 19.1. The van der Waals surface area contributed by atoms with Gasteiger partial charge >= 0.3 is 0 Å². The number of nitrogens with one attached hydrogen (secondary N) is 1. The van der Waals surface area contributed by atoms with Gasteiger partial charge in [-0.1, -0.05) is 42.5 Å². The average molecular weight is 563 g/mol. The monoisotopic (exact) mass is 562 g/mol. The smallest absolute Gasteiger partial charge is 0.123 e. The number of pyridine rings is 1. The summed E-state index contributed by atoms with van der Waals surface area (Å²) in [6, 6.07) is 25.5. The van der Waals surface area contributed by atoms with Crippen LogP contribution in [0.1, 0.15) is 34.5 Å². The van der Waals surface area contributed by atoms with Crippen LogP contribution >= 0.6 is 0 Å². The lowest BCUT2D eigenvalue weighted by molar-refractivity contribution is 0.239. The Morgan fingerprint density at radius 2 is 1.05 bits per heavy atom. The molecular weight excluding hydrogens is 525 g/mol. The highest BCUT2D eigenvalue weighted by molar-refractivity contribution is 5.20. The van der Waals surface area contributed by atoms with Gasteiger partial charge in [-0.2, -0.15) is 0 Å². The van der Waals surface area contributed by atoms with Crippen LogP contribution in [0.25, 0.3) is 0 Å². The molecule has 4 rings (SSSR count). The summed E-state index contributed by atoms with van der Waals surface area (Å²) in [6.07, 6.45) is 0.690. The van der Waals surface area contributed by atoms with Gasteiger partial charge in [0.2, 0.25) is 0 Å². The summed E-state index contributed by atoms with van der Waals surface area (Å²) in [5.74, 6) is -0.851. The van der Waals surface area contributed by atoms with Crippen molar-refractivity contribution in [1.82, 2.24) is 20.1 Å². The Hall–Kier alpha value is -3.56. The maximum Gasteiger partial charge on any atom is 0.123 e. The molecule has 1 aromatic heterocycles. The molecule has 0 bridgehead atoms. The second-order valence-electron chi connectivity index (χ2n) is 10.2. The lowest BCUT2D eigenvalue weighted by atomic mass is 10.1. The zero-order valence-electron chi connectivity index (χ0n) is 23.2. The van der Waals surface area contributed by atoms with Crippen molar-refractivity contribution in [3.8, 4) is 0 Å². The van der Waals surface area contributed by atoms with Crippen LogP contribution in [-0.4, -0.2) is 46.1 Å². The number of hydrogen-bond donors (Lipinski definition) is 2. The predicted molar refractivity (Wildman–Crippen MR) is 155 cm³/mol. The number of aliphatic hydroxyl groups excluding tert-OH is 1. The third kappa shape index (κ3) is 10.7. The largest absolute Gasteiger partial charge is 0.396 e. The number of benzene rings is 3. The van der Waals surface area contributed by atoms with Crippen LogP contribution in [0.4, 0.5) is 13.2 Å². The second-order valence-corrected chi connectivity index (χ2v) is 10.2. The van der Waals surface area contributed by atoms with Gasteiger partial charge in [0.25, 0.3) is 0 Å². The zero-order valence-corrected chi connectivity index (χ0v) is 23.2. The van der Waals surface area contributed by atoms with E-state index in [9.17, 15) is 13.2 Å². The zero-order chi connectivity index (χ0) is 28.9. The Morgan fingerprint density at radius 1 is 0.585 bits per heavy atom. The van der Waals surface area contributed by atoms with E-state index in [1.54, 1.807) is 24.3 Å². The quantitative estimate of drug-likeness (QED) is 0.172. The lowest BCUT2D eigenvalue weighted by Crippen LogP contribution is -2.32. The number of nitrogens with zero attached hydrogens (tertiary/aromatic N) is 3. The van der Waals surface area contributed by atoms with Gasteiger partial charge in [-0.25, -0.2) is 13.2 Å². The van der Waals surface area contributed by atoms with Crippen molar-refractivity contribution in [3.05, 3.63) is 137 Å². The summed E-state index contributed by atoms with van der Waals surface area (Å²) in [5, 5.41) is 12.4. The fourth-order valence-corrected chi connectivity index (χ4v) is 4.79. The summed E-state index contributed by atoms with van der Waals surface area (Å²) >= 11 is 0. The minimum absolute atomic E-state index is 0.145. The van der Waals surface area contributed by atoms with Gasteiger partial charge in [0.05, 0.1) is 11.4 Å². The van der Waals surface area contributed by atoms with Crippen molar-refractivity contribution in [2.24, 2.45) is 0 Å². The van der Waals surface area contributed by atoms with Gasteiger partial charge in [0.15, 0.2) is 0 Å². The minimum atomic E-state index is -0.294. The Labute approximate surface area is 240 Å². The van der Waals surface area contributed by atoms with Crippen molar-refractivity contribution in [1.29, 1.82) is 0 Å². The number of aliphatic hydroxyl groups is 1. The van der Waals surface area contributed by atoms with E-state index >= 15 is 0 Å². The van der Waals surface area contributed by atoms with Gasteiger partial charge in [0, 0.05) is 52.4 Å². The van der Waals surface area contributed by atoms with Crippen molar-refractivity contribution in [2.75, 3.05) is 26.2 Å². The molecule has 4 aromatic rings. The first-order chi connectivity index (χ1) is 20.0. The Morgan fingerprint density at radius 3 is 1.54 bits per heavy atom. The van der Waals surface area contributed by atoms with E-state index in [2.05, 4.69) is 15.1 Å².